The first-order chi connectivity index (χ1) is 13.5. The summed E-state index contributed by atoms with van der Waals surface area (Å²) >= 11 is 0. The number of nitro groups is 1. The molecular weight excluding hydrogens is 362 g/mol. The number of hydrogen-bond acceptors (Lipinski definition) is 5. The predicted octanol–water partition coefficient (Wildman–Crippen LogP) is 2.63. The van der Waals surface area contributed by atoms with Crippen LogP contribution in [0.3, 0.4) is 0 Å². The van der Waals surface area contributed by atoms with Crippen LogP contribution in [0.5, 0.6) is 0 Å². The highest BCUT2D eigenvalue weighted by atomic mass is 16.6. The van der Waals surface area contributed by atoms with Crippen LogP contribution in [0.2, 0.25) is 0 Å². The Morgan fingerprint density at radius 2 is 1.68 bits per heavy atom. The Bertz CT molecular complexity index is 993. The summed E-state index contributed by atoms with van der Waals surface area (Å²) in [5.41, 5.74) is 0.724. The van der Waals surface area contributed by atoms with Gasteiger partial charge < -0.3 is 4.90 Å². The minimum atomic E-state index is -0.676. The van der Waals surface area contributed by atoms with E-state index < -0.39 is 16.7 Å². The van der Waals surface area contributed by atoms with Crippen LogP contribution in [-0.4, -0.2) is 45.5 Å². The molecule has 2 heterocycles. The molecule has 0 unspecified atom stereocenters. The zero-order chi connectivity index (χ0) is 19.8. The van der Waals surface area contributed by atoms with E-state index in [1.54, 1.807) is 29.2 Å². The molecule has 2 aromatic rings. The number of carbonyl (C=O) groups excluding carboxylic acids is 3. The first kappa shape index (κ1) is 17.8. The van der Waals surface area contributed by atoms with Crippen LogP contribution in [0.25, 0.3) is 0 Å². The van der Waals surface area contributed by atoms with Crippen molar-refractivity contribution >= 4 is 23.4 Å². The molecule has 0 N–H and O–H groups in total. The normalized spacial score (nSPS) is 15.9. The van der Waals surface area contributed by atoms with Crippen molar-refractivity contribution in [2.75, 3.05) is 13.1 Å². The van der Waals surface area contributed by atoms with E-state index in [1.165, 1.54) is 18.2 Å². The fourth-order valence-electron chi connectivity index (χ4n) is 3.65. The smallest absolute Gasteiger partial charge is 0.282 e. The van der Waals surface area contributed by atoms with Gasteiger partial charge in [-0.3, -0.25) is 29.4 Å². The van der Waals surface area contributed by atoms with Gasteiger partial charge in [0, 0.05) is 24.7 Å². The van der Waals surface area contributed by atoms with Crippen LogP contribution in [0.15, 0.2) is 42.5 Å². The summed E-state index contributed by atoms with van der Waals surface area (Å²) in [7, 11) is 0. The van der Waals surface area contributed by atoms with Gasteiger partial charge in [-0.05, 0) is 36.6 Å². The molecule has 0 aromatic heterocycles. The maximum Gasteiger partial charge on any atom is 0.282 e. The highest BCUT2D eigenvalue weighted by Gasteiger charge is 2.40. The lowest BCUT2D eigenvalue weighted by atomic mass is 10.1. The van der Waals surface area contributed by atoms with Crippen molar-refractivity contribution in [3.63, 3.8) is 0 Å². The minimum absolute atomic E-state index is 0.0122. The van der Waals surface area contributed by atoms with Crippen LogP contribution >= 0.6 is 0 Å². The van der Waals surface area contributed by atoms with Gasteiger partial charge in [-0.25, -0.2) is 0 Å². The van der Waals surface area contributed by atoms with Crippen LogP contribution in [0.4, 0.5) is 5.69 Å². The Morgan fingerprint density at radius 3 is 2.32 bits per heavy atom. The van der Waals surface area contributed by atoms with Crippen LogP contribution in [-0.2, 0) is 6.54 Å². The fraction of sp³-hybridized carbons (Fsp3) is 0.250. The second-order valence-electron chi connectivity index (χ2n) is 6.85. The first-order valence-corrected chi connectivity index (χ1v) is 8.99. The summed E-state index contributed by atoms with van der Waals surface area (Å²) in [4.78, 5) is 50.9. The molecule has 3 amide bonds. The molecule has 0 atom stereocenters. The average Bonchev–Trinajstić information content (AvgIpc) is 3.32. The van der Waals surface area contributed by atoms with Gasteiger partial charge in [0.05, 0.1) is 17.0 Å². The monoisotopic (exact) mass is 379 g/mol. The Morgan fingerprint density at radius 1 is 1.00 bits per heavy atom. The molecule has 4 rings (SSSR count). The molecule has 28 heavy (non-hydrogen) atoms. The first-order valence-electron chi connectivity index (χ1n) is 8.99. The number of nitro benzene ring substituents is 1. The Labute approximate surface area is 160 Å². The SMILES string of the molecule is O=C(c1ccc(CN2C(=O)c3cccc([N+](=O)[O-])c3C2=O)cc1)N1CCCC1. The molecule has 8 heteroatoms. The van der Waals surface area contributed by atoms with Gasteiger partial charge in [0.15, 0.2) is 0 Å². The Kier molecular flexibility index (Phi) is 4.38. The van der Waals surface area contributed by atoms with Crippen molar-refractivity contribution in [3.8, 4) is 0 Å². The van der Waals surface area contributed by atoms with Crippen molar-refractivity contribution in [3.05, 3.63) is 74.8 Å². The summed E-state index contributed by atoms with van der Waals surface area (Å²) in [6.07, 6.45) is 2.02. The zero-order valence-corrected chi connectivity index (χ0v) is 15.0. The van der Waals surface area contributed by atoms with E-state index >= 15 is 0 Å². The molecule has 142 valence electrons. The topological polar surface area (TPSA) is 101 Å². The number of imide groups is 1. The minimum Gasteiger partial charge on any atom is -0.339 e. The molecule has 2 aliphatic rings. The van der Waals surface area contributed by atoms with E-state index in [9.17, 15) is 24.5 Å². The molecule has 2 aromatic carbocycles. The molecule has 8 nitrogen and oxygen atoms in total. The molecule has 1 saturated heterocycles. The Hall–Kier alpha value is -3.55. The number of rotatable bonds is 4. The lowest BCUT2D eigenvalue weighted by molar-refractivity contribution is -0.385. The number of fused-ring (bicyclic) bond motifs is 1. The largest absolute Gasteiger partial charge is 0.339 e. The van der Waals surface area contributed by atoms with E-state index in [2.05, 4.69) is 0 Å². The Balaban J connectivity index is 1.54. The summed E-state index contributed by atoms with van der Waals surface area (Å²) < 4.78 is 0. The summed E-state index contributed by atoms with van der Waals surface area (Å²) in [6, 6.07) is 10.8. The molecule has 2 aliphatic heterocycles. The lowest BCUT2D eigenvalue weighted by Gasteiger charge is -2.16. The quantitative estimate of drug-likeness (QED) is 0.462. The summed E-state index contributed by atoms with van der Waals surface area (Å²) in [6.45, 7) is 1.50. The van der Waals surface area contributed by atoms with Gasteiger partial charge in [-0.1, -0.05) is 18.2 Å². The highest BCUT2D eigenvalue weighted by molar-refractivity contribution is 6.23. The van der Waals surface area contributed by atoms with Gasteiger partial charge in [-0.15, -0.1) is 0 Å². The van der Waals surface area contributed by atoms with Crippen molar-refractivity contribution < 1.29 is 19.3 Å². The average molecular weight is 379 g/mol. The van der Waals surface area contributed by atoms with Crippen LogP contribution < -0.4 is 0 Å². The van der Waals surface area contributed by atoms with E-state index in [-0.39, 0.29) is 29.3 Å². The van der Waals surface area contributed by atoms with E-state index in [1.807, 2.05) is 0 Å². The standard InChI is InChI=1S/C20H17N3O5/c24-18(21-10-1-2-11-21)14-8-6-13(7-9-14)12-22-19(25)15-4-3-5-16(23(27)28)17(15)20(22)26/h3-9H,1-2,10-12H2. The van der Waals surface area contributed by atoms with Crippen molar-refractivity contribution in [1.29, 1.82) is 0 Å². The third-order valence-corrected chi connectivity index (χ3v) is 5.11. The summed E-state index contributed by atoms with van der Waals surface area (Å²) in [5, 5.41) is 11.2. The molecule has 0 bridgehead atoms. The predicted molar refractivity (Wildman–Crippen MR) is 98.9 cm³/mol. The highest BCUT2D eigenvalue weighted by Crippen LogP contribution is 2.31. The number of hydrogen-bond donors (Lipinski definition) is 0. The van der Waals surface area contributed by atoms with E-state index in [0.717, 1.165) is 30.8 Å². The van der Waals surface area contributed by atoms with Crippen molar-refractivity contribution in [1.82, 2.24) is 9.80 Å². The van der Waals surface area contributed by atoms with Gasteiger partial charge in [0.25, 0.3) is 23.4 Å². The number of carbonyl (C=O) groups is 3. The zero-order valence-electron chi connectivity index (χ0n) is 15.0. The number of nitrogens with zero attached hydrogens (tertiary/aromatic N) is 3. The van der Waals surface area contributed by atoms with Gasteiger partial charge >= 0.3 is 0 Å². The third-order valence-electron chi connectivity index (χ3n) is 5.11. The molecule has 0 saturated carbocycles. The van der Waals surface area contributed by atoms with Gasteiger partial charge in [-0.2, -0.15) is 0 Å². The van der Waals surface area contributed by atoms with Gasteiger partial charge in [0.2, 0.25) is 0 Å². The second kappa shape index (κ2) is 6.88. The van der Waals surface area contributed by atoms with Crippen molar-refractivity contribution in [2.45, 2.75) is 19.4 Å². The van der Waals surface area contributed by atoms with Gasteiger partial charge in [0.1, 0.15) is 5.56 Å². The molecular formula is C20H17N3O5. The third kappa shape index (κ3) is 2.92. The number of likely N-dealkylation sites (tertiary alicyclic amines) is 1. The van der Waals surface area contributed by atoms with E-state index in [4.69, 9.17) is 0 Å². The second-order valence-corrected chi connectivity index (χ2v) is 6.85. The fourth-order valence-corrected chi connectivity index (χ4v) is 3.65. The maximum atomic E-state index is 12.6. The van der Waals surface area contributed by atoms with Crippen molar-refractivity contribution in [2.24, 2.45) is 0 Å². The summed E-state index contributed by atoms with van der Waals surface area (Å²) in [5.74, 6) is -1.26. The van der Waals surface area contributed by atoms with E-state index in [0.29, 0.717) is 11.1 Å². The molecule has 0 aliphatic carbocycles. The molecule has 0 spiro atoms. The van der Waals surface area contributed by atoms with Crippen LogP contribution in [0, 0.1) is 10.1 Å². The molecule has 0 radical (unpaired) electrons. The maximum absolute atomic E-state index is 12.6. The number of benzene rings is 2. The molecule has 1 fully saturated rings. The van der Waals surface area contributed by atoms with Crippen LogP contribution in [0.1, 0.15) is 49.5 Å². The number of amides is 3. The lowest BCUT2D eigenvalue weighted by Crippen LogP contribution is -2.29.